The molecule has 1 aliphatic heterocycles. The molecular weight excluding hydrogens is 160 g/mol. The van der Waals surface area contributed by atoms with Crippen molar-refractivity contribution >= 4 is 17.7 Å². The molecule has 1 rings (SSSR count). The van der Waals surface area contributed by atoms with Gasteiger partial charge in [-0.1, -0.05) is 6.92 Å². The fourth-order valence-electron chi connectivity index (χ4n) is 1.37. The van der Waals surface area contributed by atoms with Gasteiger partial charge in [-0.3, -0.25) is 4.79 Å². The van der Waals surface area contributed by atoms with Gasteiger partial charge in [0.15, 0.2) is 0 Å². The van der Waals surface area contributed by atoms with Gasteiger partial charge in [0.1, 0.15) is 0 Å². The predicted octanol–water partition coefficient (Wildman–Crippen LogP) is 1.99. The molecule has 1 N–H and O–H groups in total. The summed E-state index contributed by atoms with van der Waals surface area (Å²) in [6, 6.07) is 0. The van der Waals surface area contributed by atoms with Crippen molar-refractivity contribution in [2.45, 2.75) is 31.4 Å². The fraction of sp³-hybridized carbons (Fsp3) is 0.875. The van der Waals surface area contributed by atoms with Gasteiger partial charge in [-0.15, -0.1) is 0 Å². The number of rotatable bonds is 3. The van der Waals surface area contributed by atoms with Gasteiger partial charge in [-0.05, 0) is 24.5 Å². The highest BCUT2D eigenvalue weighted by Crippen LogP contribution is 2.33. The van der Waals surface area contributed by atoms with Gasteiger partial charge in [0, 0.05) is 11.7 Å². The third kappa shape index (κ3) is 3.14. The molecule has 11 heavy (non-hydrogen) atoms. The van der Waals surface area contributed by atoms with Crippen molar-refractivity contribution in [2.24, 2.45) is 5.92 Å². The van der Waals surface area contributed by atoms with Crippen molar-refractivity contribution in [1.29, 1.82) is 0 Å². The summed E-state index contributed by atoms with van der Waals surface area (Å²) in [6.45, 7) is 2.23. The first-order valence-corrected chi connectivity index (χ1v) is 5.06. The van der Waals surface area contributed by atoms with E-state index in [2.05, 4.69) is 6.92 Å². The molecule has 0 aromatic heterocycles. The largest absolute Gasteiger partial charge is 0.481 e. The smallest absolute Gasteiger partial charge is 0.303 e. The van der Waals surface area contributed by atoms with Crippen LogP contribution in [0.2, 0.25) is 0 Å². The molecule has 0 aromatic rings. The average molecular weight is 174 g/mol. The summed E-state index contributed by atoms with van der Waals surface area (Å²) < 4.78 is 0. The molecule has 3 heteroatoms. The van der Waals surface area contributed by atoms with Crippen LogP contribution in [0.15, 0.2) is 0 Å². The summed E-state index contributed by atoms with van der Waals surface area (Å²) in [6.07, 6.45) is 2.40. The van der Waals surface area contributed by atoms with Gasteiger partial charge in [-0.25, -0.2) is 0 Å². The van der Waals surface area contributed by atoms with Crippen LogP contribution in [-0.2, 0) is 4.79 Å². The summed E-state index contributed by atoms with van der Waals surface area (Å²) in [4.78, 5) is 10.2. The van der Waals surface area contributed by atoms with Crippen molar-refractivity contribution < 1.29 is 9.90 Å². The zero-order chi connectivity index (χ0) is 8.27. The molecule has 1 heterocycles. The van der Waals surface area contributed by atoms with E-state index in [-0.39, 0.29) is 0 Å². The van der Waals surface area contributed by atoms with Crippen LogP contribution in [0.5, 0.6) is 0 Å². The maximum Gasteiger partial charge on any atom is 0.303 e. The molecule has 0 amide bonds. The molecule has 0 spiro atoms. The second kappa shape index (κ2) is 4.00. The van der Waals surface area contributed by atoms with Crippen LogP contribution in [0, 0.1) is 5.92 Å². The molecule has 0 radical (unpaired) electrons. The lowest BCUT2D eigenvalue weighted by Crippen LogP contribution is -2.03. The van der Waals surface area contributed by atoms with Gasteiger partial charge in [-0.2, -0.15) is 11.8 Å². The van der Waals surface area contributed by atoms with Crippen LogP contribution < -0.4 is 0 Å². The molecular formula is C8H14O2S. The molecule has 0 aliphatic carbocycles. The van der Waals surface area contributed by atoms with E-state index in [1.807, 2.05) is 11.8 Å². The van der Waals surface area contributed by atoms with E-state index in [9.17, 15) is 4.79 Å². The lowest BCUT2D eigenvalue weighted by molar-refractivity contribution is -0.137. The second-order valence-electron chi connectivity index (χ2n) is 3.23. The molecule has 2 nitrogen and oxygen atoms in total. The van der Waals surface area contributed by atoms with Crippen LogP contribution in [0.4, 0.5) is 0 Å². The van der Waals surface area contributed by atoms with Crippen molar-refractivity contribution in [3.05, 3.63) is 0 Å². The van der Waals surface area contributed by atoms with E-state index in [0.29, 0.717) is 11.7 Å². The first kappa shape index (κ1) is 8.91. The molecule has 1 saturated heterocycles. The van der Waals surface area contributed by atoms with Gasteiger partial charge >= 0.3 is 5.97 Å². The third-order valence-corrected chi connectivity index (χ3v) is 3.62. The van der Waals surface area contributed by atoms with E-state index in [0.717, 1.165) is 12.3 Å². The van der Waals surface area contributed by atoms with E-state index < -0.39 is 5.97 Å². The highest BCUT2D eigenvalue weighted by Gasteiger charge is 2.21. The minimum atomic E-state index is -0.662. The normalized spacial score (nSPS) is 30.6. The van der Waals surface area contributed by atoms with E-state index >= 15 is 0 Å². The predicted molar refractivity (Wildman–Crippen MR) is 46.9 cm³/mol. The number of hydrogen-bond donors (Lipinski definition) is 1. The Morgan fingerprint density at radius 2 is 2.45 bits per heavy atom. The van der Waals surface area contributed by atoms with E-state index in [1.165, 1.54) is 12.2 Å². The topological polar surface area (TPSA) is 37.3 Å². The van der Waals surface area contributed by atoms with Gasteiger partial charge in [0.25, 0.3) is 0 Å². The van der Waals surface area contributed by atoms with Crippen LogP contribution >= 0.6 is 11.8 Å². The van der Waals surface area contributed by atoms with Crippen molar-refractivity contribution in [3.8, 4) is 0 Å². The first-order chi connectivity index (χ1) is 5.18. The Morgan fingerprint density at radius 1 is 1.73 bits per heavy atom. The SMILES string of the molecule is CC1CSC(CCC(=O)O)C1. The van der Waals surface area contributed by atoms with Crippen LogP contribution in [-0.4, -0.2) is 22.1 Å². The monoisotopic (exact) mass is 174 g/mol. The lowest BCUT2D eigenvalue weighted by Gasteiger charge is -2.04. The van der Waals surface area contributed by atoms with Crippen molar-refractivity contribution in [1.82, 2.24) is 0 Å². The molecule has 0 aromatic carbocycles. The van der Waals surface area contributed by atoms with E-state index in [1.54, 1.807) is 0 Å². The number of thioether (sulfide) groups is 1. The van der Waals surface area contributed by atoms with Crippen LogP contribution in [0.1, 0.15) is 26.2 Å². The number of carboxylic acid groups (broad SMARTS) is 1. The number of hydrogen-bond acceptors (Lipinski definition) is 2. The Kier molecular flexibility index (Phi) is 3.24. The molecule has 1 fully saturated rings. The summed E-state index contributed by atoms with van der Waals surface area (Å²) in [5.74, 6) is 1.34. The fourth-order valence-corrected chi connectivity index (χ4v) is 2.86. The zero-order valence-corrected chi connectivity index (χ0v) is 7.56. The minimum absolute atomic E-state index is 0.338. The summed E-state index contributed by atoms with van der Waals surface area (Å²) >= 11 is 1.93. The molecule has 2 unspecified atom stereocenters. The minimum Gasteiger partial charge on any atom is -0.481 e. The van der Waals surface area contributed by atoms with Gasteiger partial charge < -0.3 is 5.11 Å². The lowest BCUT2D eigenvalue weighted by atomic mass is 10.1. The standard InChI is InChI=1S/C8H14O2S/c1-6-4-7(11-5-6)2-3-8(9)10/h6-7H,2-5H2,1H3,(H,9,10). The Balaban J connectivity index is 2.13. The highest BCUT2D eigenvalue weighted by atomic mass is 32.2. The van der Waals surface area contributed by atoms with Crippen LogP contribution in [0.3, 0.4) is 0 Å². The molecule has 0 saturated carbocycles. The zero-order valence-electron chi connectivity index (χ0n) is 6.75. The Morgan fingerprint density at radius 3 is 2.91 bits per heavy atom. The highest BCUT2D eigenvalue weighted by molar-refractivity contribution is 8.00. The Labute approximate surface area is 71.4 Å². The maximum absolute atomic E-state index is 10.2. The molecule has 1 aliphatic rings. The first-order valence-electron chi connectivity index (χ1n) is 4.02. The van der Waals surface area contributed by atoms with Gasteiger partial charge in [0.05, 0.1) is 0 Å². The van der Waals surface area contributed by atoms with Gasteiger partial charge in [0.2, 0.25) is 0 Å². The molecule has 64 valence electrons. The number of carboxylic acids is 1. The quantitative estimate of drug-likeness (QED) is 0.711. The number of aliphatic carboxylic acids is 1. The summed E-state index contributed by atoms with van der Waals surface area (Å²) in [7, 11) is 0. The summed E-state index contributed by atoms with van der Waals surface area (Å²) in [5.41, 5.74) is 0. The summed E-state index contributed by atoms with van der Waals surface area (Å²) in [5, 5.41) is 9.04. The Hall–Kier alpha value is -0.180. The van der Waals surface area contributed by atoms with E-state index in [4.69, 9.17) is 5.11 Å². The maximum atomic E-state index is 10.2. The van der Waals surface area contributed by atoms with Crippen molar-refractivity contribution in [3.63, 3.8) is 0 Å². The molecule has 0 bridgehead atoms. The average Bonchev–Trinajstić information content (AvgIpc) is 2.31. The number of carbonyl (C=O) groups is 1. The van der Waals surface area contributed by atoms with Crippen LogP contribution in [0.25, 0.3) is 0 Å². The third-order valence-electron chi connectivity index (χ3n) is 1.96. The Bertz CT molecular complexity index is 147. The molecule has 2 atom stereocenters. The second-order valence-corrected chi connectivity index (χ2v) is 4.56. The van der Waals surface area contributed by atoms with Crippen molar-refractivity contribution in [2.75, 3.05) is 5.75 Å².